The first kappa shape index (κ1) is 24.0. The molecule has 3 atom stereocenters. The van der Waals surface area contributed by atoms with Gasteiger partial charge in [-0.3, -0.25) is 4.90 Å². The normalized spacial score (nSPS) is 19.1. The van der Waals surface area contributed by atoms with Crippen molar-refractivity contribution in [3.63, 3.8) is 0 Å². The van der Waals surface area contributed by atoms with Crippen LogP contribution in [0.25, 0.3) is 0 Å². The number of hydrogen-bond donors (Lipinski definition) is 2. The molecule has 0 aliphatic carbocycles. The Morgan fingerprint density at radius 1 is 1.03 bits per heavy atom. The quantitative estimate of drug-likeness (QED) is 0.489. The standard InChI is InChI=1S/C28H35N3O3/c1-19-13-25(14-20(2)22(19)4)34-27-17-31(16-26(27)32)15-23-8-10-24(11-9-23)33-18-21(3)30-28-7-5-6-12-29-28/h5-14,21,26-27,32H,15-18H2,1-4H3,(H,29,30)/t21-,26-,27-/m0/s1. The highest BCUT2D eigenvalue weighted by atomic mass is 16.5. The van der Waals surface area contributed by atoms with Crippen molar-refractivity contribution >= 4 is 5.82 Å². The Balaban J connectivity index is 1.25. The lowest BCUT2D eigenvalue weighted by atomic mass is 10.0. The number of benzene rings is 2. The lowest BCUT2D eigenvalue weighted by molar-refractivity contribution is 0.0736. The molecule has 0 unspecified atom stereocenters. The van der Waals surface area contributed by atoms with E-state index in [1.54, 1.807) is 6.20 Å². The van der Waals surface area contributed by atoms with Crippen molar-refractivity contribution in [1.82, 2.24) is 9.88 Å². The Labute approximate surface area is 202 Å². The van der Waals surface area contributed by atoms with Gasteiger partial charge in [0.05, 0.1) is 6.04 Å². The van der Waals surface area contributed by atoms with Crippen LogP contribution in [0, 0.1) is 20.8 Å². The molecule has 2 aromatic carbocycles. The van der Waals surface area contributed by atoms with Crippen molar-refractivity contribution < 1.29 is 14.6 Å². The molecular weight excluding hydrogens is 426 g/mol. The Kier molecular flexibility index (Phi) is 7.70. The summed E-state index contributed by atoms with van der Waals surface area (Å²) < 4.78 is 12.1. The molecule has 0 bridgehead atoms. The molecule has 180 valence electrons. The van der Waals surface area contributed by atoms with Crippen molar-refractivity contribution in [2.45, 2.75) is 52.5 Å². The van der Waals surface area contributed by atoms with Gasteiger partial charge in [0.15, 0.2) is 0 Å². The van der Waals surface area contributed by atoms with E-state index in [1.807, 2.05) is 30.3 Å². The second-order valence-corrected chi connectivity index (χ2v) is 9.32. The van der Waals surface area contributed by atoms with E-state index >= 15 is 0 Å². The van der Waals surface area contributed by atoms with E-state index in [9.17, 15) is 5.11 Å². The van der Waals surface area contributed by atoms with E-state index < -0.39 is 6.10 Å². The van der Waals surface area contributed by atoms with Gasteiger partial charge in [0.2, 0.25) is 0 Å². The van der Waals surface area contributed by atoms with Gasteiger partial charge in [0, 0.05) is 25.8 Å². The minimum Gasteiger partial charge on any atom is -0.491 e. The fourth-order valence-corrected chi connectivity index (χ4v) is 4.23. The molecule has 0 saturated carbocycles. The van der Waals surface area contributed by atoms with Gasteiger partial charge in [-0.1, -0.05) is 18.2 Å². The topological polar surface area (TPSA) is 66.9 Å². The number of aryl methyl sites for hydroxylation is 2. The first-order valence-electron chi connectivity index (χ1n) is 11.9. The number of rotatable bonds is 9. The molecule has 1 saturated heterocycles. The van der Waals surface area contributed by atoms with Gasteiger partial charge < -0.3 is 19.9 Å². The van der Waals surface area contributed by atoms with Crippen molar-refractivity contribution in [2.75, 3.05) is 25.0 Å². The molecule has 4 rings (SSSR count). The van der Waals surface area contributed by atoms with Crippen LogP contribution in [0.5, 0.6) is 11.5 Å². The van der Waals surface area contributed by atoms with Gasteiger partial charge >= 0.3 is 0 Å². The number of aliphatic hydroxyl groups excluding tert-OH is 1. The van der Waals surface area contributed by atoms with Gasteiger partial charge in [-0.05, 0) is 86.3 Å². The van der Waals surface area contributed by atoms with Crippen LogP contribution in [0.3, 0.4) is 0 Å². The fourth-order valence-electron chi connectivity index (χ4n) is 4.23. The first-order valence-corrected chi connectivity index (χ1v) is 11.9. The Bertz CT molecular complexity index is 1050. The molecule has 34 heavy (non-hydrogen) atoms. The minimum atomic E-state index is -0.502. The number of pyridine rings is 1. The predicted octanol–water partition coefficient (Wildman–Crippen LogP) is 4.51. The van der Waals surface area contributed by atoms with Crippen LogP contribution in [0.1, 0.15) is 29.2 Å². The number of β-amino-alcohol motifs (C(OH)–C–C–N with tert-alkyl or cyclic N) is 1. The Morgan fingerprint density at radius 2 is 1.76 bits per heavy atom. The van der Waals surface area contributed by atoms with Crippen LogP contribution in [0.2, 0.25) is 0 Å². The average Bonchev–Trinajstić information content (AvgIpc) is 3.16. The van der Waals surface area contributed by atoms with Crippen LogP contribution in [-0.4, -0.2) is 52.9 Å². The smallest absolute Gasteiger partial charge is 0.138 e. The number of aromatic nitrogens is 1. The molecule has 1 aliphatic rings. The summed E-state index contributed by atoms with van der Waals surface area (Å²) in [5.41, 5.74) is 4.89. The largest absolute Gasteiger partial charge is 0.491 e. The van der Waals surface area contributed by atoms with Crippen molar-refractivity contribution in [3.05, 3.63) is 83.0 Å². The fraction of sp³-hybridized carbons (Fsp3) is 0.393. The predicted molar refractivity (Wildman–Crippen MR) is 136 cm³/mol. The van der Waals surface area contributed by atoms with Crippen molar-refractivity contribution in [2.24, 2.45) is 0 Å². The van der Waals surface area contributed by atoms with Crippen LogP contribution < -0.4 is 14.8 Å². The lowest BCUT2D eigenvalue weighted by Gasteiger charge is -2.19. The second-order valence-electron chi connectivity index (χ2n) is 9.32. The average molecular weight is 462 g/mol. The van der Waals surface area contributed by atoms with Gasteiger partial charge in [-0.2, -0.15) is 0 Å². The molecule has 1 aliphatic heterocycles. The van der Waals surface area contributed by atoms with Crippen LogP contribution in [0.15, 0.2) is 60.8 Å². The Hall–Kier alpha value is -3.09. The molecular formula is C28H35N3O3. The maximum absolute atomic E-state index is 10.6. The summed E-state index contributed by atoms with van der Waals surface area (Å²) in [4.78, 5) is 6.52. The van der Waals surface area contributed by atoms with Crippen molar-refractivity contribution in [3.8, 4) is 11.5 Å². The highest BCUT2D eigenvalue weighted by Gasteiger charge is 2.33. The third-order valence-corrected chi connectivity index (χ3v) is 6.39. The maximum Gasteiger partial charge on any atom is 0.138 e. The number of nitrogens with zero attached hydrogens (tertiary/aromatic N) is 2. The summed E-state index contributed by atoms with van der Waals surface area (Å²) in [6.07, 6.45) is 1.04. The van der Waals surface area contributed by atoms with Crippen LogP contribution in [-0.2, 0) is 6.54 Å². The summed E-state index contributed by atoms with van der Waals surface area (Å²) in [6, 6.07) is 18.2. The van der Waals surface area contributed by atoms with Gasteiger partial charge in [0.1, 0.15) is 36.1 Å². The molecule has 6 nitrogen and oxygen atoms in total. The van der Waals surface area contributed by atoms with Crippen LogP contribution >= 0.6 is 0 Å². The van der Waals surface area contributed by atoms with E-state index in [2.05, 4.69) is 67.2 Å². The van der Waals surface area contributed by atoms with E-state index in [-0.39, 0.29) is 12.1 Å². The molecule has 1 aromatic heterocycles. The highest BCUT2D eigenvalue weighted by molar-refractivity contribution is 5.40. The molecule has 0 spiro atoms. The molecule has 0 amide bonds. The minimum absolute atomic E-state index is 0.138. The van der Waals surface area contributed by atoms with Gasteiger partial charge in [-0.25, -0.2) is 4.98 Å². The number of nitrogens with one attached hydrogen (secondary N) is 1. The third-order valence-electron chi connectivity index (χ3n) is 6.39. The number of ether oxygens (including phenoxy) is 2. The molecule has 1 fully saturated rings. The van der Waals surface area contributed by atoms with Gasteiger partial charge in [0.25, 0.3) is 0 Å². The molecule has 3 aromatic rings. The summed E-state index contributed by atoms with van der Waals surface area (Å²) in [5, 5.41) is 13.9. The number of anilines is 1. The zero-order valence-corrected chi connectivity index (χ0v) is 20.5. The monoisotopic (exact) mass is 461 g/mol. The SMILES string of the molecule is Cc1cc(O[C@H]2CN(Cc3ccc(OC[C@H](C)Nc4ccccn4)cc3)C[C@@H]2O)cc(C)c1C. The van der Waals surface area contributed by atoms with E-state index in [0.29, 0.717) is 19.7 Å². The summed E-state index contributed by atoms with van der Waals surface area (Å²) in [7, 11) is 0. The number of hydrogen-bond acceptors (Lipinski definition) is 6. The second kappa shape index (κ2) is 10.9. The molecule has 6 heteroatoms. The molecule has 2 heterocycles. The summed E-state index contributed by atoms with van der Waals surface area (Å²) in [5.74, 6) is 2.52. The van der Waals surface area contributed by atoms with E-state index in [4.69, 9.17) is 9.47 Å². The maximum atomic E-state index is 10.6. The van der Waals surface area contributed by atoms with Gasteiger partial charge in [-0.15, -0.1) is 0 Å². The Morgan fingerprint density at radius 3 is 2.44 bits per heavy atom. The molecule has 2 N–H and O–H groups in total. The van der Waals surface area contributed by atoms with Crippen molar-refractivity contribution in [1.29, 1.82) is 0 Å². The zero-order chi connectivity index (χ0) is 24.1. The van der Waals surface area contributed by atoms with E-state index in [1.165, 1.54) is 22.3 Å². The number of likely N-dealkylation sites (tertiary alicyclic amines) is 1. The lowest BCUT2D eigenvalue weighted by Crippen LogP contribution is -2.30. The zero-order valence-electron chi connectivity index (χ0n) is 20.5. The summed E-state index contributed by atoms with van der Waals surface area (Å²) in [6.45, 7) is 11.0. The summed E-state index contributed by atoms with van der Waals surface area (Å²) >= 11 is 0. The highest BCUT2D eigenvalue weighted by Crippen LogP contribution is 2.25. The first-order chi connectivity index (χ1) is 16.4. The van der Waals surface area contributed by atoms with Crippen LogP contribution in [0.4, 0.5) is 5.82 Å². The number of aliphatic hydroxyl groups is 1. The van der Waals surface area contributed by atoms with E-state index in [0.717, 1.165) is 23.9 Å². The molecule has 0 radical (unpaired) electrons. The third kappa shape index (κ3) is 6.27.